The normalized spacial score (nSPS) is 14.5. The zero-order chi connectivity index (χ0) is 25.5. The summed E-state index contributed by atoms with van der Waals surface area (Å²) in [6.07, 6.45) is 2.29. The number of ether oxygens (including phenoxy) is 4. The van der Waals surface area contributed by atoms with Gasteiger partial charge in [0.2, 0.25) is 10.0 Å². The van der Waals surface area contributed by atoms with Gasteiger partial charge in [0.25, 0.3) is 0 Å². The molecule has 0 amide bonds. The average Bonchev–Trinajstić information content (AvgIpc) is 2.91. The Labute approximate surface area is 210 Å². The van der Waals surface area contributed by atoms with E-state index in [1.54, 1.807) is 19.2 Å². The van der Waals surface area contributed by atoms with E-state index in [1.807, 2.05) is 6.07 Å². The topological polar surface area (TPSA) is 124 Å². The van der Waals surface area contributed by atoms with E-state index < -0.39 is 10.0 Å². The summed E-state index contributed by atoms with van der Waals surface area (Å²) < 4.78 is 49.4. The fourth-order valence-electron chi connectivity index (χ4n) is 3.93. The number of aromatic nitrogens is 2. The van der Waals surface area contributed by atoms with Crippen LogP contribution in [0.25, 0.3) is 10.9 Å². The van der Waals surface area contributed by atoms with Gasteiger partial charge in [-0.3, -0.25) is 4.90 Å². The molecule has 1 saturated heterocycles. The van der Waals surface area contributed by atoms with E-state index in [-0.39, 0.29) is 4.90 Å². The third kappa shape index (κ3) is 5.95. The number of fused-ring (bicyclic) bond motifs is 1. The lowest BCUT2D eigenvalue weighted by Gasteiger charge is -2.26. The zero-order valence-corrected chi connectivity index (χ0v) is 21.4. The maximum Gasteiger partial charge on any atom is 0.240 e. The monoisotopic (exact) mass is 517 g/mol. The molecule has 194 valence electrons. The van der Waals surface area contributed by atoms with E-state index in [0.717, 1.165) is 39.3 Å². The SMILES string of the molecule is CNS(=O)(=O)c1ccc(OC)c(Nc2ncnc3cc(OC)c(OCCCN4CCOCC4)cc23)c1. The number of sulfonamides is 1. The fourth-order valence-corrected chi connectivity index (χ4v) is 4.68. The van der Waals surface area contributed by atoms with Crippen molar-refractivity contribution in [3.63, 3.8) is 0 Å². The van der Waals surface area contributed by atoms with E-state index in [9.17, 15) is 8.42 Å². The molecule has 0 bridgehead atoms. The van der Waals surface area contributed by atoms with Gasteiger partial charge in [-0.1, -0.05) is 0 Å². The summed E-state index contributed by atoms with van der Waals surface area (Å²) in [5.41, 5.74) is 1.08. The van der Waals surface area contributed by atoms with Gasteiger partial charge in [0.05, 0.1) is 50.1 Å². The molecule has 0 spiro atoms. The number of anilines is 2. The van der Waals surface area contributed by atoms with Crippen LogP contribution >= 0.6 is 0 Å². The van der Waals surface area contributed by atoms with Crippen molar-refractivity contribution >= 4 is 32.4 Å². The average molecular weight is 518 g/mol. The van der Waals surface area contributed by atoms with E-state index in [4.69, 9.17) is 18.9 Å². The van der Waals surface area contributed by atoms with E-state index in [0.29, 0.717) is 46.3 Å². The Morgan fingerprint density at radius 3 is 2.53 bits per heavy atom. The van der Waals surface area contributed by atoms with Crippen molar-refractivity contribution in [1.29, 1.82) is 0 Å². The second-order valence-corrected chi connectivity index (χ2v) is 9.98. The van der Waals surface area contributed by atoms with Crippen LogP contribution in [0.5, 0.6) is 17.2 Å². The van der Waals surface area contributed by atoms with Crippen LogP contribution in [0.3, 0.4) is 0 Å². The molecule has 2 N–H and O–H groups in total. The Bertz CT molecular complexity index is 1300. The number of nitrogens with one attached hydrogen (secondary N) is 2. The largest absolute Gasteiger partial charge is 0.495 e. The van der Waals surface area contributed by atoms with Gasteiger partial charge in [0.15, 0.2) is 11.5 Å². The van der Waals surface area contributed by atoms with Crippen LogP contribution in [0.4, 0.5) is 11.5 Å². The minimum atomic E-state index is -3.64. The number of hydrogen-bond donors (Lipinski definition) is 2. The molecule has 1 aromatic heterocycles. The van der Waals surface area contributed by atoms with Crippen LogP contribution in [0.15, 0.2) is 41.6 Å². The Balaban J connectivity index is 1.59. The van der Waals surface area contributed by atoms with Gasteiger partial charge in [-0.25, -0.2) is 23.1 Å². The van der Waals surface area contributed by atoms with Crippen molar-refractivity contribution in [3.05, 3.63) is 36.7 Å². The van der Waals surface area contributed by atoms with E-state index in [1.165, 1.54) is 32.6 Å². The molecule has 3 aromatic rings. The number of rotatable bonds is 11. The summed E-state index contributed by atoms with van der Waals surface area (Å²) in [6, 6.07) is 8.17. The molecule has 1 aliphatic rings. The lowest BCUT2D eigenvalue weighted by Crippen LogP contribution is -2.37. The predicted octanol–water partition coefficient (Wildman–Crippen LogP) is 2.40. The second-order valence-electron chi connectivity index (χ2n) is 8.09. The van der Waals surface area contributed by atoms with Crippen molar-refractivity contribution in [2.45, 2.75) is 11.3 Å². The number of benzene rings is 2. The molecular formula is C24H31N5O6S. The lowest BCUT2D eigenvalue weighted by molar-refractivity contribution is 0.0357. The Morgan fingerprint density at radius 2 is 1.81 bits per heavy atom. The van der Waals surface area contributed by atoms with Gasteiger partial charge in [0, 0.05) is 31.1 Å². The summed E-state index contributed by atoms with van der Waals surface area (Å²) in [4.78, 5) is 11.2. The number of nitrogens with zero attached hydrogens (tertiary/aromatic N) is 3. The maximum absolute atomic E-state index is 12.3. The standard InChI is InChI=1S/C24H31N5O6S/c1-25-36(30,31)17-5-6-21(32-2)20(13-17)28-24-18-14-23(22(33-3)15-19(18)26-16-27-24)35-10-4-7-29-8-11-34-12-9-29/h5-6,13-16,25H,4,7-12H2,1-3H3,(H,26,27,28). The zero-order valence-electron chi connectivity index (χ0n) is 20.6. The number of morpholine rings is 1. The predicted molar refractivity (Wildman–Crippen MR) is 136 cm³/mol. The van der Waals surface area contributed by atoms with Crippen LogP contribution in [0.1, 0.15) is 6.42 Å². The van der Waals surface area contributed by atoms with Crippen molar-refractivity contribution in [2.24, 2.45) is 0 Å². The highest BCUT2D eigenvalue weighted by atomic mass is 32.2. The van der Waals surface area contributed by atoms with Crippen molar-refractivity contribution in [3.8, 4) is 17.2 Å². The van der Waals surface area contributed by atoms with Crippen molar-refractivity contribution < 1.29 is 27.4 Å². The second kappa shape index (κ2) is 11.7. The molecule has 2 aromatic carbocycles. The Hall–Kier alpha value is -3.19. The first-order valence-corrected chi connectivity index (χ1v) is 13.1. The minimum absolute atomic E-state index is 0.0950. The summed E-state index contributed by atoms with van der Waals surface area (Å²) in [7, 11) is 0.815. The van der Waals surface area contributed by atoms with Gasteiger partial charge in [-0.15, -0.1) is 0 Å². The van der Waals surface area contributed by atoms with E-state index in [2.05, 4.69) is 24.9 Å². The quantitative estimate of drug-likeness (QED) is 0.366. The first-order valence-electron chi connectivity index (χ1n) is 11.6. The van der Waals surface area contributed by atoms with Crippen molar-refractivity contribution in [1.82, 2.24) is 19.6 Å². The van der Waals surface area contributed by atoms with Crippen LogP contribution in [0, 0.1) is 0 Å². The first-order chi connectivity index (χ1) is 17.4. The van der Waals surface area contributed by atoms with Crippen LogP contribution in [-0.4, -0.2) is 84.0 Å². The third-order valence-electron chi connectivity index (χ3n) is 5.90. The van der Waals surface area contributed by atoms with Crippen LogP contribution < -0.4 is 24.2 Å². The number of methoxy groups -OCH3 is 2. The highest BCUT2D eigenvalue weighted by Gasteiger charge is 2.17. The smallest absolute Gasteiger partial charge is 0.240 e. The molecule has 11 nitrogen and oxygen atoms in total. The van der Waals surface area contributed by atoms with Gasteiger partial charge in [-0.2, -0.15) is 0 Å². The molecule has 0 aliphatic carbocycles. The molecule has 0 unspecified atom stereocenters. The molecule has 0 radical (unpaired) electrons. The van der Waals surface area contributed by atoms with Gasteiger partial charge < -0.3 is 24.3 Å². The molecule has 0 atom stereocenters. The molecule has 2 heterocycles. The highest BCUT2D eigenvalue weighted by Crippen LogP contribution is 2.36. The summed E-state index contributed by atoms with van der Waals surface area (Å²) in [5, 5.41) is 3.88. The summed E-state index contributed by atoms with van der Waals surface area (Å²) in [6.45, 7) is 4.86. The molecule has 4 rings (SSSR count). The van der Waals surface area contributed by atoms with Crippen molar-refractivity contribution in [2.75, 3.05) is 66.0 Å². The Morgan fingerprint density at radius 1 is 1.03 bits per heavy atom. The summed E-state index contributed by atoms with van der Waals surface area (Å²) in [5.74, 6) is 2.07. The van der Waals surface area contributed by atoms with Crippen LogP contribution in [0.2, 0.25) is 0 Å². The third-order valence-corrected chi connectivity index (χ3v) is 7.32. The molecule has 0 saturated carbocycles. The van der Waals surface area contributed by atoms with Gasteiger partial charge in [0.1, 0.15) is 17.9 Å². The minimum Gasteiger partial charge on any atom is -0.495 e. The van der Waals surface area contributed by atoms with Gasteiger partial charge in [-0.05, 0) is 37.7 Å². The van der Waals surface area contributed by atoms with Crippen LogP contribution in [-0.2, 0) is 14.8 Å². The molecule has 1 aliphatic heterocycles. The number of hydrogen-bond acceptors (Lipinski definition) is 10. The first kappa shape index (κ1) is 25.9. The summed E-state index contributed by atoms with van der Waals surface area (Å²) >= 11 is 0. The maximum atomic E-state index is 12.3. The fraction of sp³-hybridized carbons (Fsp3) is 0.417. The van der Waals surface area contributed by atoms with Gasteiger partial charge >= 0.3 is 0 Å². The van der Waals surface area contributed by atoms with E-state index >= 15 is 0 Å². The molecular weight excluding hydrogens is 486 g/mol. The Kier molecular flexibility index (Phi) is 8.41. The molecule has 36 heavy (non-hydrogen) atoms. The molecule has 1 fully saturated rings. The molecule has 12 heteroatoms. The lowest BCUT2D eigenvalue weighted by atomic mass is 10.2. The highest BCUT2D eigenvalue weighted by molar-refractivity contribution is 7.89.